The predicted octanol–water partition coefficient (Wildman–Crippen LogP) is 3.21. The predicted molar refractivity (Wildman–Crippen MR) is 72.4 cm³/mol. The van der Waals surface area contributed by atoms with Gasteiger partial charge in [-0.1, -0.05) is 24.5 Å². The fourth-order valence-electron chi connectivity index (χ4n) is 3.94. The van der Waals surface area contributed by atoms with Crippen molar-refractivity contribution in [2.45, 2.75) is 76.4 Å². The molecule has 0 radical (unpaired) electrons. The molecule has 1 aliphatic carbocycles. The van der Waals surface area contributed by atoms with Crippen molar-refractivity contribution in [3.8, 4) is 0 Å². The van der Waals surface area contributed by atoms with Crippen molar-refractivity contribution in [1.29, 1.82) is 0 Å². The van der Waals surface area contributed by atoms with Gasteiger partial charge in [-0.2, -0.15) is 0 Å². The molecule has 3 heteroatoms. The highest BCUT2D eigenvalue weighted by molar-refractivity contribution is 5.76. The first-order valence-corrected chi connectivity index (χ1v) is 7.51. The molecule has 3 rings (SSSR count). The van der Waals surface area contributed by atoms with Crippen molar-refractivity contribution in [3.05, 3.63) is 11.6 Å². The largest absolute Gasteiger partial charge is 0.335 e. The average molecular weight is 248 g/mol. The number of fused-ring (bicyclic) bond motifs is 2. The number of rotatable bonds is 1. The van der Waals surface area contributed by atoms with Crippen LogP contribution in [0.4, 0.5) is 4.79 Å². The van der Waals surface area contributed by atoms with Crippen molar-refractivity contribution in [2.75, 3.05) is 0 Å². The number of urea groups is 1. The third kappa shape index (κ3) is 2.15. The van der Waals surface area contributed by atoms with E-state index >= 15 is 0 Å². The van der Waals surface area contributed by atoms with Gasteiger partial charge in [0.15, 0.2) is 0 Å². The minimum Gasteiger partial charge on any atom is -0.335 e. The van der Waals surface area contributed by atoms with Crippen molar-refractivity contribution >= 4 is 6.03 Å². The van der Waals surface area contributed by atoms with Crippen LogP contribution in [0.25, 0.3) is 0 Å². The Kier molecular flexibility index (Phi) is 3.31. The average Bonchev–Trinajstić information content (AvgIpc) is 2.95. The monoisotopic (exact) mass is 248 g/mol. The van der Waals surface area contributed by atoms with Crippen LogP contribution >= 0.6 is 0 Å². The van der Waals surface area contributed by atoms with Crippen molar-refractivity contribution in [2.24, 2.45) is 0 Å². The quantitative estimate of drug-likeness (QED) is 0.710. The summed E-state index contributed by atoms with van der Waals surface area (Å²) < 4.78 is 0. The summed E-state index contributed by atoms with van der Waals surface area (Å²) in [6, 6.07) is 1.59. The molecule has 2 unspecified atom stereocenters. The summed E-state index contributed by atoms with van der Waals surface area (Å²) in [6.07, 6.45) is 11.7. The smallest absolute Gasteiger partial charge is 0.318 e. The molecule has 0 spiro atoms. The first-order chi connectivity index (χ1) is 8.78. The molecule has 2 bridgehead atoms. The second kappa shape index (κ2) is 4.94. The number of allylic oxidation sites excluding steroid dienone is 1. The number of amides is 2. The third-order valence-corrected chi connectivity index (χ3v) is 4.94. The van der Waals surface area contributed by atoms with Crippen molar-refractivity contribution in [3.63, 3.8) is 0 Å². The number of nitrogens with one attached hydrogen (secondary N) is 1. The summed E-state index contributed by atoms with van der Waals surface area (Å²) in [7, 11) is 0. The van der Waals surface area contributed by atoms with Crippen LogP contribution in [-0.4, -0.2) is 29.1 Å². The number of nitrogens with zero attached hydrogens (tertiary/aromatic N) is 1. The van der Waals surface area contributed by atoms with Gasteiger partial charge < -0.3 is 10.2 Å². The van der Waals surface area contributed by atoms with Gasteiger partial charge in [-0.05, 0) is 45.4 Å². The fraction of sp³-hybridized carbons (Fsp3) is 0.800. The number of hydrogen-bond acceptors (Lipinski definition) is 1. The Labute approximate surface area is 110 Å². The first-order valence-electron chi connectivity index (χ1n) is 7.51. The van der Waals surface area contributed by atoms with Gasteiger partial charge >= 0.3 is 6.03 Å². The Morgan fingerprint density at radius 3 is 2.33 bits per heavy atom. The Bertz CT molecular complexity index is 342. The van der Waals surface area contributed by atoms with E-state index in [2.05, 4.69) is 23.2 Å². The van der Waals surface area contributed by atoms with Crippen LogP contribution in [0.1, 0.15) is 58.3 Å². The Morgan fingerprint density at radius 2 is 1.78 bits per heavy atom. The Hall–Kier alpha value is -0.990. The van der Waals surface area contributed by atoms with Gasteiger partial charge in [0, 0.05) is 18.1 Å². The number of carbonyl (C=O) groups is 1. The maximum Gasteiger partial charge on any atom is 0.318 e. The summed E-state index contributed by atoms with van der Waals surface area (Å²) in [5, 5.41) is 3.25. The topological polar surface area (TPSA) is 32.3 Å². The van der Waals surface area contributed by atoms with E-state index in [1.54, 1.807) is 5.57 Å². The second-order valence-electron chi connectivity index (χ2n) is 6.08. The minimum absolute atomic E-state index is 0.213. The summed E-state index contributed by atoms with van der Waals surface area (Å²) in [6.45, 7) is 2.13. The van der Waals surface area contributed by atoms with E-state index in [0.29, 0.717) is 18.1 Å². The molecule has 100 valence electrons. The van der Waals surface area contributed by atoms with E-state index in [1.807, 2.05) is 0 Å². The SMILES string of the molecule is CC=C1CC2CCC(C1)N2C(=O)NC1CCCC1. The zero-order chi connectivity index (χ0) is 12.5. The third-order valence-electron chi connectivity index (χ3n) is 4.94. The van der Waals surface area contributed by atoms with Gasteiger partial charge in [-0.3, -0.25) is 0 Å². The normalized spacial score (nSPS) is 31.8. The molecule has 2 heterocycles. The molecule has 0 aromatic rings. The molecule has 0 aromatic heterocycles. The van der Waals surface area contributed by atoms with Crippen LogP contribution in [0, 0.1) is 0 Å². The summed E-state index contributed by atoms with van der Waals surface area (Å²) in [5.74, 6) is 0. The molecular formula is C15H24N2O. The minimum atomic E-state index is 0.213. The lowest BCUT2D eigenvalue weighted by Gasteiger charge is -2.36. The van der Waals surface area contributed by atoms with Gasteiger partial charge in [0.2, 0.25) is 0 Å². The second-order valence-corrected chi connectivity index (χ2v) is 6.08. The molecule has 2 amide bonds. The van der Waals surface area contributed by atoms with E-state index in [9.17, 15) is 4.79 Å². The summed E-state index contributed by atoms with van der Waals surface area (Å²) in [5.41, 5.74) is 1.55. The van der Waals surface area contributed by atoms with Gasteiger partial charge in [0.1, 0.15) is 0 Å². The lowest BCUT2D eigenvalue weighted by molar-refractivity contribution is 0.157. The van der Waals surface area contributed by atoms with Gasteiger partial charge in [0.05, 0.1) is 0 Å². The van der Waals surface area contributed by atoms with E-state index in [1.165, 1.54) is 38.5 Å². The van der Waals surface area contributed by atoms with Crippen LogP contribution < -0.4 is 5.32 Å². The standard InChI is InChI=1S/C15H24N2O/c1-2-11-9-13-7-8-14(10-11)17(13)15(18)16-12-5-3-4-6-12/h2,12-14H,3-10H2,1H3,(H,16,18). The van der Waals surface area contributed by atoms with Crippen LogP contribution in [-0.2, 0) is 0 Å². The van der Waals surface area contributed by atoms with Crippen LogP contribution in [0.15, 0.2) is 11.6 Å². The lowest BCUT2D eigenvalue weighted by atomic mass is 9.97. The number of carbonyl (C=O) groups excluding carboxylic acids is 1. The molecule has 3 nitrogen and oxygen atoms in total. The number of piperidine rings is 1. The highest BCUT2D eigenvalue weighted by atomic mass is 16.2. The van der Waals surface area contributed by atoms with Crippen LogP contribution in [0.3, 0.4) is 0 Å². The van der Waals surface area contributed by atoms with Gasteiger partial charge in [-0.15, -0.1) is 0 Å². The molecule has 0 aromatic carbocycles. The van der Waals surface area contributed by atoms with E-state index in [0.717, 1.165) is 12.8 Å². The zero-order valence-corrected chi connectivity index (χ0v) is 11.3. The maximum absolute atomic E-state index is 12.4. The molecule has 1 saturated carbocycles. The molecule has 18 heavy (non-hydrogen) atoms. The maximum atomic E-state index is 12.4. The highest BCUT2D eigenvalue weighted by Crippen LogP contribution is 2.38. The molecular weight excluding hydrogens is 224 g/mol. The molecule has 3 aliphatic rings. The fourth-order valence-corrected chi connectivity index (χ4v) is 3.94. The Balaban J connectivity index is 1.64. The lowest BCUT2D eigenvalue weighted by Crippen LogP contribution is -2.51. The van der Waals surface area contributed by atoms with Crippen LogP contribution in [0.2, 0.25) is 0 Å². The molecule has 2 saturated heterocycles. The van der Waals surface area contributed by atoms with Crippen molar-refractivity contribution < 1.29 is 4.79 Å². The van der Waals surface area contributed by atoms with Gasteiger partial charge in [0.25, 0.3) is 0 Å². The van der Waals surface area contributed by atoms with E-state index in [4.69, 9.17) is 0 Å². The van der Waals surface area contributed by atoms with Crippen molar-refractivity contribution in [1.82, 2.24) is 10.2 Å². The summed E-state index contributed by atoms with van der Waals surface area (Å²) >= 11 is 0. The zero-order valence-electron chi connectivity index (χ0n) is 11.3. The summed E-state index contributed by atoms with van der Waals surface area (Å²) in [4.78, 5) is 14.6. The molecule has 3 fully saturated rings. The van der Waals surface area contributed by atoms with E-state index in [-0.39, 0.29) is 6.03 Å². The molecule has 1 N–H and O–H groups in total. The van der Waals surface area contributed by atoms with E-state index < -0.39 is 0 Å². The van der Waals surface area contributed by atoms with Crippen LogP contribution in [0.5, 0.6) is 0 Å². The Morgan fingerprint density at radius 1 is 1.17 bits per heavy atom. The van der Waals surface area contributed by atoms with Gasteiger partial charge in [-0.25, -0.2) is 4.79 Å². The molecule has 2 aliphatic heterocycles. The molecule has 2 atom stereocenters. The number of hydrogen-bond donors (Lipinski definition) is 1. The first kappa shape index (κ1) is 12.1. The highest BCUT2D eigenvalue weighted by Gasteiger charge is 2.41.